The van der Waals surface area contributed by atoms with Gasteiger partial charge in [-0.15, -0.1) is 0 Å². The van der Waals surface area contributed by atoms with Crippen LogP contribution < -0.4 is 10.6 Å². The fourth-order valence-corrected chi connectivity index (χ4v) is 3.13. The molecule has 1 fully saturated rings. The second-order valence-corrected chi connectivity index (χ2v) is 7.15. The normalized spacial score (nSPS) is 26.5. The van der Waals surface area contributed by atoms with Crippen molar-refractivity contribution in [2.75, 3.05) is 13.7 Å². The average molecular weight is 440 g/mol. The molecule has 1 aliphatic heterocycles. The third-order valence-corrected chi connectivity index (χ3v) is 4.88. The van der Waals surface area contributed by atoms with E-state index in [1.54, 1.807) is 24.3 Å². The zero-order chi connectivity index (χ0) is 23.0. The average Bonchev–Trinajstić information content (AvgIpc) is 2.77. The van der Waals surface area contributed by atoms with Gasteiger partial charge in [-0.1, -0.05) is 30.3 Å². The molecular weight excluding hydrogens is 412 g/mol. The summed E-state index contributed by atoms with van der Waals surface area (Å²) >= 11 is 0. The van der Waals surface area contributed by atoms with Crippen LogP contribution in [0.1, 0.15) is 18.4 Å². The maximum absolute atomic E-state index is 12.2. The molecule has 0 spiro atoms. The molecule has 0 aliphatic carbocycles. The van der Waals surface area contributed by atoms with Gasteiger partial charge in [-0.05, 0) is 5.56 Å². The van der Waals surface area contributed by atoms with Gasteiger partial charge in [0.25, 0.3) is 0 Å². The highest BCUT2D eigenvalue weighted by Gasteiger charge is 2.43. The van der Waals surface area contributed by atoms with Crippen molar-refractivity contribution in [1.29, 1.82) is 0 Å². The highest BCUT2D eigenvalue weighted by atomic mass is 16.6. The van der Waals surface area contributed by atoms with Gasteiger partial charge < -0.3 is 40.5 Å². The van der Waals surface area contributed by atoms with Crippen molar-refractivity contribution in [3.05, 3.63) is 35.9 Å². The molecule has 11 nitrogen and oxygen atoms in total. The summed E-state index contributed by atoms with van der Waals surface area (Å²) in [7, 11) is 1.21. The highest BCUT2D eigenvalue weighted by Crippen LogP contribution is 2.19. The molecule has 2 rings (SSSR count). The summed E-state index contributed by atoms with van der Waals surface area (Å²) in [5.74, 6) is -1.85. The number of hydrogen-bond donors (Lipinski definition) is 6. The maximum atomic E-state index is 12.2. The minimum absolute atomic E-state index is 0.219. The molecular formula is C20H28N2O9. The molecule has 1 saturated heterocycles. The topological polar surface area (TPSA) is 175 Å². The zero-order valence-corrected chi connectivity index (χ0v) is 17.0. The summed E-state index contributed by atoms with van der Waals surface area (Å²) in [5, 5.41) is 43.4. The number of nitrogens with one attached hydrogen (secondary N) is 2. The van der Waals surface area contributed by atoms with Crippen molar-refractivity contribution in [2.24, 2.45) is 0 Å². The van der Waals surface area contributed by atoms with E-state index >= 15 is 0 Å². The Morgan fingerprint density at radius 3 is 2.29 bits per heavy atom. The summed E-state index contributed by atoms with van der Waals surface area (Å²) < 4.78 is 9.90. The van der Waals surface area contributed by atoms with Crippen LogP contribution in [0.4, 0.5) is 0 Å². The first kappa shape index (κ1) is 24.7. The SMILES string of the molecule is COC(=O)[C@H](Cc1ccccc1)NC(=O)CCC(=O)N[C@@H]1O[C@H](CO)[C@@H](O)[C@H](O)[C@H]1O. The summed E-state index contributed by atoms with van der Waals surface area (Å²) in [6.45, 7) is -0.629. The number of benzene rings is 1. The van der Waals surface area contributed by atoms with Crippen LogP contribution in [-0.2, 0) is 30.3 Å². The van der Waals surface area contributed by atoms with Gasteiger partial charge in [0.1, 0.15) is 30.5 Å². The molecule has 0 saturated carbocycles. The zero-order valence-electron chi connectivity index (χ0n) is 17.0. The van der Waals surface area contributed by atoms with Crippen LogP contribution >= 0.6 is 0 Å². The van der Waals surface area contributed by atoms with Crippen molar-refractivity contribution in [1.82, 2.24) is 10.6 Å². The van der Waals surface area contributed by atoms with E-state index in [1.807, 2.05) is 6.07 Å². The molecule has 6 atom stereocenters. The number of methoxy groups -OCH3 is 1. The van der Waals surface area contributed by atoms with Crippen molar-refractivity contribution in [3.63, 3.8) is 0 Å². The number of amides is 2. The van der Waals surface area contributed by atoms with Crippen LogP contribution in [0.3, 0.4) is 0 Å². The van der Waals surface area contributed by atoms with Gasteiger partial charge in [-0.3, -0.25) is 9.59 Å². The van der Waals surface area contributed by atoms with Gasteiger partial charge in [0.15, 0.2) is 6.23 Å². The number of rotatable bonds is 9. The highest BCUT2D eigenvalue weighted by molar-refractivity contribution is 5.87. The lowest BCUT2D eigenvalue weighted by Gasteiger charge is -2.40. The molecule has 1 heterocycles. The van der Waals surface area contributed by atoms with Crippen LogP contribution in [0.5, 0.6) is 0 Å². The van der Waals surface area contributed by atoms with Gasteiger partial charge >= 0.3 is 5.97 Å². The van der Waals surface area contributed by atoms with Crippen LogP contribution in [0, 0.1) is 0 Å². The van der Waals surface area contributed by atoms with Gasteiger partial charge in [-0.2, -0.15) is 0 Å². The molecule has 31 heavy (non-hydrogen) atoms. The van der Waals surface area contributed by atoms with Gasteiger partial charge in [-0.25, -0.2) is 4.79 Å². The molecule has 1 aromatic carbocycles. The van der Waals surface area contributed by atoms with E-state index in [2.05, 4.69) is 10.6 Å². The van der Waals surface area contributed by atoms with Gasteiger partial charge in [0.05, 0.1) is 13.7 Å². The predicted molar refractivity (Wildman–Crippen MR) is 105 cm³/mol. The molecule has 1 aromatic rings. The minimum Gasteiger partial charge on any atom is -0.467 e. The van der Waals surface area contributed by atoms with Gasteiger partial charge in [0.2, 0.25) is 11.8 Å². The lowest BCUT2D eigenvalue weighted by Crippen LogP contribution is -2.63. The van der Waals surface area contributed by atoms with Crippen LogP contribution in [0.25, 0.3) is 0 Å². The number of hydrogen-bond acceptors (Lipinski definition) is 9. The third kappa shape index (κ3) is 6.97. The maximum Gasteiger partial charge on any atom is 0.328 e. The summed E-state index contributed by atoms with van der Waals surface area (Å²) in [6.07, 6.45) is -7.65. The second kappa shape index (κ2) is 11.7. The molecule has 1 aliphatic rings. The smallest absolute Gasteiger partial charge is 0.328 e. The molecule has 0 radical (unpaired) electrons. The Balaban J connectivity index is 1.86. The van der Waals surface area contributed by atoms with E-state index < -0.39 is 61.1 Å². The summed E-state index contributed by atoms with van der Waals surface area (Å²) in [6, 6.07) is 8.10. The van der Waals surface area contributed by atoms with Crippen LogP contribution in [0.15, 0.2) is 30.3 Å². The summed E-state index contributed by atoms with van der Waals surface area (Å²) in [4.78, 5) is 36.3. The van der Waals surface area contributed by atoms with E-state index in [0.29, 0.717) is 0 Å². The van der Waals surface area contributed by atoms with Crippen molar-refractivity contribution in [3.8, 4) is 0 Å². The molecule has 0 aromatic heterocycles. The Bertz CT molecular complexity index is 743. The van der Waals surface area contributed by atoms with Crippen LogP contribution in [0.2, 0.25) is 0 Å². The van der Waals surface area contributed by atoms with Crippen LogP contribution in [-0.4, -0.2) is 88.6 Å². The number of aliphatic hydroxyl groups excluding tert-OH is 4. The molecule has 0 unspecified atom stereocenters. The molecule has 172 valence electrons. The van der Waals surface area contributed by atoms with E-state index in [4.69, 9.17) is 14.6 Å². The minimum atomic E-state index is -1.63. The molecule has 0 bridgehead atoms. The number of ether oxygens (including phenoxy) is 2. The fraction of sp³-hybridized carbons (Fsp3) is 0.550. The monoisotopic (exact) mass is 440 g/mol. The third-order valence-electron chi connectivity index (χ3n) is 4.88. The quantitative estimate of drug-likeness (QED) is 0.228. The Labute approximate surface area is 179 Å². The Hall–Kier alpha value is -2.57. The first-order valence-corrected chi connectivity index (χ1v) is 9.77. The standard InChI is InChI=1S/C20H28N2O9/c1-30-20(29)12(9-11-5-3-2-4-6-11)21-14(24)7-8-15(25)22-19-18(28)17(27)16(26)13(10-23)31-19/h2-6,12-13,16-19,23,26-28H,7-10H2,1H3,(H,21,24)(H,22,25)/t12-,13+,16+,17-,18+,19+/m0/s1. The Kier molecular flexibility index (Phi) is 9.34. The first-order valence-electron chi connectivity index (χ1n) is 9.77. The largest absolute Gasteiger partial charge is 0.467 e. The predicted octanol–water partition coefficient (Wildman–Crippen LogP) is -2.42. The molecule has 11 heteroatoms. The Morgan fingerprint density at radius 2 is 1.68 bits per heavy atom. The number of esters is 1. The lowest BCUT2D eigenvalue weighted by atomic mass is 9.98. The van der Waals surface area contributed by atoms with Crippen molar-refractivity contribution < 1.29 is 44.3 Å². The first-order chi connectivity index (χ1) is 14.8. The van der Waals surface area contributed by atoms with Gasteiger partial charge in [0, 0.05) is 19.3 Å². The van der Waals surface area contributed by atoms with Crippen molar-refractivity contribution in [2.45, 2.75) is 55.9 Å². The number of carbonyl (C=O) groups is 3. The van der Waals surface area contributed by atoms with E-state index in [-0.39, 0.29) is 19.3 Å². The van der Waals surface area contributed by atoms with Crippen molar-refractivity contribution >= 4 is 17.8 Å². The van der Waals surface area contributed by atoms with E-state index in [1.165, 1.54) is 7.11 Å². The number of aliphatic hydroxyl groups is 4. The lowest BCUT2D eigenvalue weighted by molar-refractivity contribution is -0.236. The molecule has 6 N–H and O–H groups in total. The van der Waals surface area contributed by atoms with E-state index in [0.717, 1.165) is 5.56 Å². The fourth-order valence-electron chi connectivity index (χ4n) is 3.13. The Morgan fingerprint density at radius 1 is 1.03 bits per heavy atom. The number of carbonyl (C=O) groups excluding carboxylic acids is 3. The second-order valence-electron chi connectivity index (χ2n) is 7.15. The summed E-state index contributed by atoms with van der Waals surface area (Å²) in [5.41, 5.74) is 0.818. The van der Waals surface area contributed by atoms with E-state index in [9.17, 15) is 29.7 Å². The molecule has 2 amide bonds.